The van der Waals surface area contributed by atoms with E-state index in [2.05, 4.69) is 10.4 Å². The number of aryl methyl sites for hydroxylation is 1. The van der Waals surface area contributed by atoms with Gasteiger partial charge in [-0.1, -0.05) is 41.9 Å². The number of hydrogen-bond acceptors (Lipinski definition) is 5. The highest BCUT2D eigenvalue weighted by Gasteiger charge is 2.18. The zero-order valence-corrected chi connectivity index (χ0v) is 15.2. The molecule has 0 atom stereocenters. The molecule has 3 aromatic rings. The summed E-state index contributed by atoms with van der Waals surface area (Å²) in [6, 6.07) is 13.6. The molecule has 0 unspecified atom stereocenters. The van der Waals surface area contributed by atoms with Crippen LogP contribution in [-0.4, -0.2) is 28.3 Å². The quantitative estimate of drug-likeness (QED) is 0.679. The number of nitrogens with zero attached hydrogens (tertiary/aromatic N) is 2. The standard InChI is InChI=1S/C19H16ClN3O4/c1-23-18(25)15-5-3-2-4-14(15)17(22-23)19(26)27-11-16(24)21-10-12-6-8-13(20)9-7-12/h2-9H,10-11H2,1H3,(H,21,24). The Hall–Kier alpha value is -3.19. The minimum Gasteiger partial charge on any atom is -0.451 e. The van der Waals surface area contributed by atoms with Gasteiger partial charge in [0.15, 0.2) is 12.3 Å². The van der Waals surface area contributed by atoms with Crippen LogP contribution in [0.15, 0.2) is 53.3 Å². The normalized spacial score (nSPS) is 10.6. The lowest BCUT2D eigenvalue weighted by atomic mass is 10.1. The van der Waals surface area contributed by atoms with Crippen molar-refractivity contribution in [2.75, 3.05) is 6.61 Å². The average Bonchev–Trinajstić information content (AvgIpc) is 2.68. The fourth-order valence-corrected chi connectivity index (χ4v) is 2.63. The van der Waals surface area contributed by atoms with Crippen molar-refractivity contribution in [3.8, 4) is 0 Å². The molecule has 0 bridgehead atoms. The number of carbonyl (C=O) groups is 2. The molecular formula is C19H16ClN3O4. The maximum absolute atomic E-state index is 12.3. The summed E-state index contributed by atoms with van der Waals surface area (Å²) in [7, 11) is 1.45. The first kappa shape index (κ1) is 18.6. The summed E-state index contributed by atoms with van der Waals surface area (Å²) < 4.78 is 6.12. The monoisotopic (exact) mass is 385 g/mol. The minimum absolute atomic E-state index is 0.0156. The number of halogens is 1. The highest BCUT2D eigenvalue weighted by molar-refractivity contribution is 6.30. The molecule has 8 heteroatoms. The van der Waals surface area contributed by atoms with Crippen molar-refractivity contribution in [3.63, 3.8) is 0 Å². The average molecular weight is 386 g/mol. The third kappa shape index (κ3) is 4.32. The molecular weight excluding hydrogens is 370 g/mol. The van der Waals surface area contributed by atoms with Gasteiger partial charge in [0.25, 0.3) is 11.5 Å². The number of nitrogens with one attached hydrogen (secondary N) is 1. The van der Waals surface area contributed by atoms with E-state index in [9.17, 15) is 14.4 Å². The molecule has 0 radical (unpaired) electrons. The third-order valence-electron chi connectivity index (χ3n) is 3.89. The van der Waals surface area contributed by atoms with Crippen molar-refractivity contribution in [3.05, 3.63) is 75.2 Å². The van der Waals surface area contributed by atoms with Crippen molar-refractivity contribution in [2.24, 2.45) is 7.05 Å². The van der Waals surface area contributed by atoms with Gasteiger partial charge in [0.2, 0.25) is 0 Å². The van der Waals surface area contributed by atoms with E-state index in [4.69, 9.17) is 16.3 Å². The smallest absolute Gasteiger partial charge is 0.359 e. The molecule has 0 saturated heterocycles. The first-order chi connectivity index (χ1) is 13.0. The van der Waals surface area contributed by atoms with Crippen LogP contribution in [0, 0.1) is 0 Å². The van der Waals surface area contributed by atoms with Crippen molar-refractivity contribution in [1.82, 2.24) is 15.1 Å². The van der Waals surface area contributed by atoms with E-state index in [0.717, 1.165) is 10.2 Å². The van der Waals surface area contributed by atoms with Gasteiger partial charge < -0.3 is 10.1 Å². The number of rotatable bonds is 5. The summed E-state index contributed by atoms with van der Waals surface area (Å²) in [5, 5.41) is 7.96. The maximum atomic E-state index is 12.3. The fourth-order valence-electron chi connectivity index (χ4n) is 2.50. The molecule has 138 valence electrons. The van der Waals surface area contributed by atoms with Gasteiger partial charge in [0.1, 0.15) is 0 Å². The van der Waals surface area contributed by atoms with E-state index >= 15 is 0 Å². The zero-order chi connectivity index (χ0) is 19.4. The second-order valence-corrected chi connectivity index (χ2v) is 6.24. The SMILES string of the molecule is Cn1nc(C(=O)OCC(=O)NCc2ccc(Cl)cc2)c2ccccc2c1=O. The number of esters is 1. The van der Waals surface area contributed by atoms with Crippen molar-refractivity contribution in [1.29, 1.82) is 0 Å². The van der Waals surface area contributed by atoms with E-state index in [0.29, 0.717) is 15.8 Å². The Labute approximate surface area is 159 Å². The molecule has 27 heavy (non-hydrogen) atoms. The number of ether oxygens (including phenoxy) is 1. The molecule has 0 aliphatic carbocycles. The summed E-state index contributed by atoms with van der Waals surface area (Å²) in [4.78, 5) is 36.3. The predicted molar refractivity (Wildman–Crippen MR) is 101 cm³/mol. The molecule has 1 N–H and O–H groups in total. The Bertz CT molecular complexity index is 1060. The second kappa shape index (κ2) is 8.01. The zero-order valence-electron chi connectivity index (χ0n) is 14.4. The Morgan fingerprint density at radius 2 is 1.78 bits per heavy atom. The first-order valence-electron chi connectivity index (χ1n) is 8.10. The van der Waals surface area contributed by atoms with Gasteiger partial charge in [-0.2, -0.15) is 5.10 Å². The van der Waals surface area contributed by atoms with Gasteiger partial charge >= 0.3 is 5.97 Å². The van der Waals surface area contributed by atoms with Gasteiger partial charge in [-0.25, -0.2) is 9.48 Å². The molecule has 2 aromatic carbocycles. The largest absolute Gasteiger partial charge is 0.451 e. The number of hydrogen-bond donors (Lipinski definition) is 1. The molecule has 0 spiro atoms. The van der Waals surface area contributed by atoms with E-state index < -0.39 is 18.5 Å². The molecule has 1 aromatic heterocycles. The topological polar surface area (TPSA) is 90.3 Å². The van der Waals surface area contributed by atoms with Gasteiger partial charge in [0, 0.05) is 24.0 Å². The van der Waals surface area contributed by atoms with Crippen molar-refractivity contribution in [2.45, 2.75) is 6.54 Å². The van der Waals surface area contributed by atoms with E-state index in [1.54, 1.807) is 48.5 Å². The molecule has 7 nitrogen and oxygen atoms in total. The van der Waals surface area contributed by atoms with Crippen LogP contribution < -0.4 is 10.9 Å². The van der Waals surface area contributed by atoms with E-state index in [-0.39, 0.29) is 17.8 Å². The van der Waals surface area contributed by atoms with Gasteiger partial charge in [-0.3, -0.25) is 9.59 Å². The lowest BCUT2D eigenvalue weighted by Gasteiger charge is -2.09. The van der Waals surface area contributed by atoms with Crippen LogP contribution >= 0.6 is 11.6 Å². The highest BCUT2D eigenvalue weighted by atomic mass is 35.5. The molecule has 1 heterocycles. The maximum Gasteiger partial charge on any atom is 0.359 e. The first-order valence-corrected chi connectivity index (χ1v) is 8.48. The molecule has 0 aliphatic heterocycles. The van der Waals surface area contributed by atoms with Crippen LogP contribution in [0.25, 0.3) is 10.8 Å². The number of aromatic nitrogens is 2. The molecule has 0 aliphatic rings. The van der Waals surface area contributed by atoms with E-state index in [1.807, 2.05) is 0 Å². The minimum atomic E-state index is -0.775. The number of fused-ring (bicyclic) bond motifs is 1. The van der Waals surface area contributed by atoms with Crippen molar-refractivity contribution >= 4 is 34.2 Å². The Morgan fingerprint density at radius 1 is 1.11 bits per heavy atom. The number of benzene rings is 2. The Balaban J connectivity index is 1.65. The van der Waals surface area contributed by atoms with Crippen molar-refractivity contribution < 1.29 is 14.3 Å². The van der Waals surface area contributed by atoms with Crippen LogP contribution in [0.1, 0.15) is 16.1 Å². The molecule has 0 saturated carbocycles. The van der Waals surface area contributed by atoms with Gasteiger partial charge in [-0.15, -0.1) is 0 Å². The van der Waals surface area contributed by atoms with Crippen LogP contribution in [0.4, 0.5) is 0 Å². The molecule has 0 fully saturated rings. The predicted octanol–water partition coefficient (Wildman–Crippen LogP) is 2.06. The lowest BCUT2D eigenvalue weighted by Crippen LogP contribution is -2.29. The second-order valence-electron chi connectivity index (χ2n) is 5.80. The Kier molecular flexibility index (Phi) is 5.52. The Morgan fingerprint density at radius 3 is 2.48 bits per heavy atom. The summed E-state index contributed by atoms with van der Waals surface area (Å²) in [6.07, 6.45) is 0. The van der Waals surface area contributed by atoms with Gasteiger partial charge in [0.05, 0.1) is 5.39 Å². The third-order valence-corrected chi connectivity index (χ3v) is 4.14. The van der Waals surface area contributed by atoms with Crippen LogP contribution in [0.5, 0.6) is 0 Å². The number of amides is 1. The van der Waals surface area contributed by atoms with Gasteiger partial charge in [-0.05, 0) is 23.8 Å². The molecule has 1 amide bonds. The summed E-state index contributed by atoms with van der Waals surface area (Å²) in [5.74, 6) is -1.23. The van der Waals surface area contributed by atoms with Crippen LogP contribution in [0.2, 0.25) is 5.02 Å². The van der Waals surface area contributed by atoms with Crippen LogP contribution in [-0.2, 0) is 23.1 Å². The summed E-state index contributed by atoms with van der Waals surface area (Å²) in [5.41, 5.74) is 0.533. The summed E-state index contributed by atoms with van der Waals surface area (Å²) >= 11 is 5.81. The highest BCUT2D eigenvalue weighted by Crippen LogP contribution is 2.14. The fraction of sp³-hybridized carbons (Fsp3) is 0.158. The molecule has 3 rings (SSSR count). The van der Waals surface area contributed by atoms with Crippen LogP contribution in [0.3, 0.4) is 0 Å². The lowest BCUT2D eigenvalue weighted by molar-refractivity contribution is -0.124. The summed E-state index contributed by atoms with van der Waals surface area (Å²) in [6.45, 7) is -0.167. The number of carbonyl (C=O) groups excluding carboxylic acids is 2. The van der Waals surface area contributed by atoms with E-state index in [1.165, 1.54) is 7.05 Å².